The van der Waals surface area contributed by atoms with Gasteiger partial charge in [-0.15, -0.1) is 0 Å². The molecule has 0 aliphatic carbocycles. The van der Waals surface area contributed by atoms with Gasteiger partial charge in [-0.2, -0.15) is 4.39 Å². The fraction of sp³-hybridized carbons (Fsp3) is 0.0769. The molecule has 0 N–H and O–H groups in total. The minimum atomic E-state index is -0.703. The van der Waals surface area contributed by atoms with E-state index >= 15 is 0 Å². The number of carbonyl (C=O) groups excluding carboxylic acids is 1. The summed E-state index contributed by atoms with van der Waals surface area (Å²) in [6.45, 7) is 0.129. The molecule has 2 aromatic rings. The molecule has 0 spiro atoms. The summed E-state index contributed by atoms with van der Waals surface area (Å²) in [7, 11) is 0. The van der Waals surface area contributed by atoms with Gasteiger partial charge in [-0.3, -0.25) is 0 Å². The van der Waals surface area contributed by atoms with Crippen LogP contribution >= 0.6 is 15.9 Å². The summed E-state index contributed by atoms with van der Waals surface area (Å²) < 4.78 is 18.8. The first kappa shape index (κ1) is 12.7. The zero-order valence-corrected chi connectivity index (χ0v) is 10.9. The monoisotopic (exact) mass is 309 g/mol. The van der Waals surface area contributed by atoms with Gasteiger partial charge in [0, 0.05) is 22.3 Å². The predicted molar refractivity (Wildman–Crippen MR) is 67.5 cm³/mol. The lowest BCUT2D eigenvalue weighted by Crippen LogP contribution is -2.06. The van der Waals surface area contributed by atoms with Gasteiger partial charge in [0.25, 0.3) is 0 Å². The Hall–Kier alpha value is -1.75. The molecule has 0 unspecified atom stereocenters. The Morgan fingerprint density at radius 1 is 1.33 bits per heavy atom. The fourth-order valence-corrected chi connectivity index (χ4v) is 1.77. The van der Waals surface area contributed by atoms with Crippen molar-refractivity contribution < 1.29 is 13.9 Å². The van der Waals surface area contributed by atoms with Crippen molar-refractivity contribution >= 4 is 21.9 Å². The molecule has 0 aliphatic rings. The number of hydrogen-bond donors (Lipinski definition) is 0. The first-order valence-corrected chi connectivity index (χ1v) is 5.98. The van der Waals surface area contributed by atoms with Crippen molar-refractivity contribution in [2.45, 2.75) is 6.61 Å². The van der Waals surface area contributed by atoms with Gasteiger partial charge in [0.2, 0.25) is 5.95 Å². The summed E-state index contributed by atoms with van der Waals surface area (Å²) in [4.78, 5) is 15.0. The second-order valence-electron chi connectivity index (χ2n) is 3.53. The third kappa shape index (κ3) is 3.13. The largest absolute Gasteiger partial charge is 0.457 e. The third-order valence-electron chi connectivity index (χ3n) is 2.28. The van der Waals surface area contributed by atoms with Crippen molar-refractivity contribution in [3.63, 3.8) is 0 Å². The van der Waals surface area contributed by atoms with Crippen molar-refractivity contribution in [3.8, 4) is 0 Å². The van der Waals surface area contributed by atoms with Crippen LogP contribution in [0.15, 0.2) is 47.1 Å². The highest BCUT2D eigenvalue weighted by Gasteiger charge is 2.09. The molecule has 3 nitrogen and oxygen atoms in total. The van der Waals surface area contributed by atoms with Crippen LogP contribution in [0.1, 0.15) is 15.9 Å². The van der Waals surface area contributed by atoms with Gasteiger partial charge < -0.3 is 4.74 Å². The van der Waals surface area contributed by atoms with E-state index in [2.05, 4.69) is 20.9 Å². The van der Waals surface area contributed by atoms with Gasteiger partial charge in [0.1, 0.15) is 6.61 Å². The second kappa shape index (κ2) is 5.73. The van der Waals surface area contributed by atoms with E-state index in [-0.39, 0.29) is 12.2 Å². The lowest BCUT2D eigenvalue weighted by molar-refractivity contribution is 0.0471. The molecule has 0 radical (unpaired) electrons. The quantitative estimate of drug-likeness (QED) is 0.645. The summed E-state index contributed by atoms with van der Waals surface area (Å²) in [5.74, 6) is -1.28. The smallest absolute Gasteiger partial charge is 0.338 e. The number of halogens is 2. The highest BCUT2D eigenvalue weighted by molar-refractivity contribution is 9.10. The number of esters is 1. The Morgan fingerprint density at radius 2 is 2.11 bits per heavy atom. The third-order valence-corrected chi connectivity index (χ3v) is 3.05. The number of hydrogen-bond acceptors (Lipinski definition) is 3. The lowest BCUT2D eigenvalue weighted by Gasteiger charge is -2.06. The van der Waals surface area contributed by atoms with Crippen LogP contribution in [0.2, 0.25) is 0 Å². The van der Waals surface area contributed by atoms with Crippen molar-refractivity contribution in [1.29, 1.82) is 0 Å². The lowest BCUT2D eigenvalue weighted by atomic mass is 10.2. The normalized spacial score (nSPS) is 10.1. The highest BCUT2D eigenvalue weighted by atomic mass is 79.9. The van der Waals surface area contributed by atoms with E-state index in [0.717, 1.165) is 16.1 Å². The van der Waals surface area contributed by atoms with E-state index in [1.54, 1.807) is 0 Å². The molecule has 1 aromatic carbocycles. The van der Waals surface area contributed by atoms with Crippen molar-refractivity contribution in [2.75, 3.05) is 0 Å². The van der Waals surface area contributed by atoms with Gasteiger partial charge in [-0.1, -0.05) is 34.1 Å². The molecule has 1 heterocycles. The molecule has 0 amide bonds. The Kier molecular flexibility index (Phi) is 4.04. The van der Waals surface area contributed by atoms with Gasteiger partial charge in [-0.05, 0) is 12.1 Å². The Balaban J connectivity index is 2.03. The molecular weight excluding hydrogens is 301 g/mol. The molecule has 1 aromatic heterocycles. The van der Waals surface area contributed by atoms with Gasteiger partial charge in [0.15, 0.2) is 0 Å². The Bertz CT molecular complexity index is 574. The van der Waals surface area contributed by atoms with E-state index in [0.29, 0.717) is 0 Å². The first-order chi connectivity index (χ1) is 8.66. The van der Waals surface area contributed by atoms with E-state index in [1.807, 2.05) is 24.3 Å². The Labute approximate surface area is 112 Å². The summed E-state index contributed by atoms with van der Waals surface area (Å²) in [5, 5.41) is 0. The highest BCUT2D eigenvalue weighted by Crippen LogP contribution is 2.17. The van der Waals surface area contributed by atoms with Crippen LogP contribution in [-0.4, -0.2) is 11.0 Å². The number of benzene rings is 1. The predicted octanol–water partition coefficient (Wildman–Crippen LogP) is 3.34. The maximum Gasteiger partial charge on any atom is 0.338 e. The number of rotatable bonds is 3. The minimum Gasteiger partial charge on any atom is -0.457 e. The second-order valence-corrected chi connectivity index (χ2v) is 4.39. The fourth-order valence-electron chi connectivity index (χ4n) is 1.37. The van der Waals surface area contributed by atoms with Crippen LogP contribution in [0.25, 0.3) is 0 Å². The van der Waals surface area contributed by atoms with E-state index in [4.69, 9.17) is 4.74 Å². The van der Waals surface area contributed by atoms with Gasteiger partial charge in [0.05, 0.1) is 5.56 Å². The van der Waals surface area contributed by atoms with E-state index in [9.17, 15) is 9.18 Å². The average molecular weight is 310 g/mol. The van der Waals surface area contributed by atoms with E-state index in [1.165, 1.54) is 12.3 Å². The number of ether oxygens (including phenoxy) is 1. The molecule has 0 bridgehead atoms. The van der Waals surface area contributed by atoms with Crippen LogP contribution in [0, 0.1) is 5.95 Å². The van der Waals surface area contributed by atoms with Crippen LogP contribution in [-0.2, 0) is 11.3 Å². The maximum absolute atomic E-state index is 12.8. The molecule has 0 fully saturated rings. The van der Waals surface area contributed by atoms with Crippen LogP contribution in [0.5, 0.6) is 0 Å². The summed E-state index contributed by atoms with van der Waals surface area (Å²) in [6, 6.07) is 9.86. The average Bonchev–Trinajstić information content (AvgIpc) is 2.37. The molecule has 0 atom stereocenters. The van der Waals surface area contributed by atoms with Crippen molar-refractivity contribution in [2.24, 2.45) is 0 Å². The van der Waals surface area contributed by atoms with Crippen molar-refractivity contribution in [3.05, 3.63) is 64.1 Å². The molecule has 18 heavy (non-hydrogen) atoms. The molecule has 0 aliphatic heterocycles. The van der Waals surface area contributed by atoms with Gasteiger partial charge >= 0.3 is 5.97 Å². The van der Waals surface area contributed by atoms with Crippen LogP contribution in [0.3, 0.4) is 0 Å². The van der Waals surface area contributed by atoms with Crippen molar-refractivity contribution in [1.82, 2.24) is 4.98 Å². The summed E-state index contributed by atoms with van der Waals surface area (Å²) in [6.07, 6.45) is 1.23. The standard InChI is InChI=1S/C13H9BrFNO2/c14-11-4-2-1-3-10(11)8-18-13(17)9-5-6-16-12(15)7-9/h1-7H,8H2. The zero-order valence-electron chi connectivity index (χ0n) is 9.27. The number of carbonyl (C=O) groups is 1. The molecule has 92 valence electrons. The SMILES string of the molecule is O=C(OCc1ccccc1Br)c1ccnc(F)c1. The number of pyridine rings is 1. The minimum absolute atomic E-state index is 0.129. The summed E-state index contributed by atoms with van der Waals surface area (Å²) >= 11 is 3.35. The zero-order chi connectivity index (χ0) is 13.0. The number of aromatic nitrogens is 1. The van der Waals surface area contributed by atoms with Crippen LogP contribution < -0.4 is 0 Å². The maximum atomic E-state index is 12.8. The topological polar surface area (TPSA) is 39.2 Å². The Morgan fingerprint density at radius 3 is 2.83 bits per heavy atom. The van der Waals surface area contributed by atoms with Crippen LogP contribution in [0.4, 0.5) is 4.39 Å². The molecular formula is C13H9BrFNO2. The van der Waals surface area contributed by atoms with Gasteiger partial charge in [-0.25, -0.2) is 9.78 Å². The first-order valence-electron chi connectivity index (χ1n) is 5.19. The van der Waals surface area contributed by atoms with E-state index < -0.39 is 11.9 Å². The molecule has 0 saturated heterocycles. The molecule has 5 heteroatoms. The number of nitrogens with zero attached hydrogens (tertiary/aromatic N) is 1. The summed E-state index contributed by atoms with van der Waals surface area (Å²) in [5.41, 5.74) is 0.995. The molecule has 0 saturated carbocycles. The molecule has 2 rings (SSSR count).